The molecule has 9 heteroatoms. The topological polar surface area (TPSA) is 113 Å². The first-order chi connectivity index (χ1) is 14.6. The molecule has 0 radical (unpaired) electrons. The molecule has 2 heterocycles. The largest absolute Gasteiger partial charge is 0.473 e. The monoisotopic (exact) mass is 403 g/mol. The van der Waals surface area contributed by atoms with Crippen LogP contribution in [0.3, 0.4) is 0 Å². The third-order valence-electron chi connectivity index (χ3n) is 4.47. The van der Waals surface area contributed by atoms with E-state index in [0.717, 1.165) is 6.07 Å². The van der Waals surface area contributed by atoms with E-state index in [4.69, 9.17) is 14.7 Å². The van der Waals surface area contributed by atoms with Crippen molar-refractivity contribution in [2.24, 2.45) is 0 Å². The van der Waals surface area contributed by atoms with Gasteiger partial charge in [0, 0.05) is 25.2 Å². The van der Waals surface area contributed by atoms with Crippen LogP contribution in [0, 0.1) is 28.5 Å². The van der Waals surface area contributed by atoms with Gasteiger partial charge in [-0.1, -0.05) is 6.07 Å². The zero-order valence-corrected chi connectivity index (χ0v) is 15.6. The lowest BCUT2D eigenvalue weighted by Crippen LogP contribution is -2.21. The van der Waals surface area contributed by atoms with E-state index in [0.29, 0.717) is 24.5 Å². The Morgan fingerprint density at radius 1 is 1.13 bits per heavy atom. The molecular formula is C21H14FN5O3. The standard InChI is InChI=1S/C21H14FN5O3/c22-17-8-16(3-2-14(17)10-23)30-18-4-1-13(7-15(18)11-24)12-29-20-9-19-25-5-6-27(19)21(28)26-20/h1-4,7-9,25H,5-6,12H2. The molecule has 148 valence electrons. The number of aromatic nitrogens is 2. The molecule has 8 nitrogen and oxygen atoms in total. The van der Waals surface area contributed by atoms with Crippen LogP contribution in [-0.4, -0.2) is 16.1 Å². The maximum Gasteiger partial charge on any atom is 0.352 e. The Morgan fingerprint density at radius 2 is 1.97 bits per heavy atom. The van der Waals surface area contributed by atoms with Crippen molar-refractivity contribution in [2.45, 2.75) is 13.2 Å². The number of nitrogens with zero attached hydrogens (tertiary/aromatic N) is 4. The number of nitriles is 2. The second kappa shape index (κ2) is 7.94. The van der Waals surface area contributed by atoms with E-state index in [9.17, 15) is 14.4 Å². The van der Waals surface area contributed by atoms with Crippen LogP contribution in [0.4, 0.5) is 10.2 Å². The van der Waals surface area contributed by atoms with Crippen molar-refractivity contribution in [2.75, 3.05) is 11.9 Å². The first-order valence-electron chi connectivity index (χ1n) is 8.96. The molecular weight excluding hydrogens is 389 g/mol. The molecule has 0 aliphatic carbocycles. The molecule has 1 aromatic heterocycles. The first kappa shape index (κ1) is 19.0. The molecule has 0 saturated carbocycles. The molecule has 0 saturated heterocycles. The van der Waals surface area contributed by atoms with Gasteiger partial charge in [-0.2, -0.15) is 15.5 Å². The molecule has 4 rings (SSSR count). The summed E-state index contributed by atoms with van der Waals surface area (Å²) in [4.78, 5) is 15.8. The summed E-state index contributed by atoms with van der Waals surface area (Å²) in [5, 5.41) is 21.3. The number of ether oxygens (including phenoxy) is 2. The third-order valence-corrected chi connectivity index (χ3v) is 4.47. The van der Waals surface area contributed by atoms with Gasteiger partial charge in [0.25, 0.3) is 0 Å². The van der Waals surface area contributed by atoms with E-state index in [2.05, 4.69) is 10.3 Å². The number of halogens is 1. The van der Waals surface area contributed by atoms with Gasteiger partial charge < -0.3 is 14.8 Å². The van der Waals surface area contributed by atoms with E-state index in [1.807, 2.05) is 6.07 Å². The number of nitrogens with one attached hydrogen (secondary N) is 1. The van der Waals surface area contributed by atoms with Gasteiger partial charge in [-0.3, -0.25) is 4.57 Å². The number of hydrogen-bond acceptors (Lipinski definition) is 7. The average molecular weight is 403 g/mol. The Morgan fingerprint density at radius 3 is 2.73 bits per heavy atom. The molecule has 30 heavy (non-hydrogen) atoms. The minimum atomic E-state index is -0.703. The van der Waals surface area contributed by atoms with Crippen LogP contribution in [0.15, 0.2) is 47.3 Å². The highest BCUT2D eigenvalue weighted by Crippen LogP contribution is 2.27. The van der Waals surface area contributed by atoms with Gasteiger partial charge in [0.15, 0.2) is 0 Å². The fourth-order valence-electron chi connectivity index (χ4n) is 2.99. The molecule has 0 fully saturated rings. The maximum atomic E-state index is 13.8. The highest BCUT2D eigenvalue weighted by atomic mass is 19.1. The molecule has 2 aromatic carbocycles. The number of rotatable bonds is 5. The van der Waals surface area contributed by atoms with Gasteiger partial charge in [0.05, 0.1) is 11.1 Å². The van der Waals surface area contributed by atoms with E-state index >= 15 is 0 Å². The smallest absolute Gasteiger partial charge is 0.352 e. The molecule has 0 bridgehead atoms. The van der Waals surface area contributed by atoms with Gasteiger partial charge in [0.1, 0.15) is 41.9 Å². The average Bonchev–Trinajstić information content (AvgIpc) is 3.22. The predicted molar refractivity (Wildman–Crippen MR) is 104 cm³/mol. The summed E-state index contributed by atoms with van der Waals surface area (Å²) in [6, 6.07) is 14.1. The van der Waals surface area contributed by atoms with Crippen molar-refractivity contribution in [3.05, 3.63) is 75.5 Å². The minimum absolute atomic E-state index is 0.0923. The molecule has 0 amide bonds. The van der Waals surface area contributed by atoms with Crippen LogP contribution in [0.2, 0.25) is 0 Å². The van der Waals surface area contributed by atoms with Crippen LogP contribution in [0.25, 0.3) is 0 Å². The Hall–Kier alpha value is -4.37. The summed E-state index contributed by atoms with van der Waals surface area (Å²) in [6.07, 6.45) is 0. The summed E-state index contributed by atoms with van der Waals surface area (Å²) in [6.45, 7) is 1.32. The van der Waals surface area contributed by atoms with Gasteiger partial charge in [-0.25, -0.2) is 9.18 Å². The van der Waals surface area contributed by atoms with E-state index in [1.54, 1.807) is 30.3 Å². The van der Waals surface area contributed by atoms with Crippen LogP contribution < -0.4 is 20.5 Å². The summed E-state index contributed by atoms with van der Waals surface area (Å²) < 4.78 is 26.5. The summed E-state index contributed by atoms with van der Waals surface area (Å²) >= 11 is 0. The number of anilines is 1. The second-order valence-corrected chi connectivity index (χ2v) is 6.43. The van der Waals surface area contributed by atoms with Crippen molar-refractivity contribution in [3.63, 3.8) is 0 Å². The minimum Gasteiger partial charge on any atom is -0.473 e. The Bertz CT molecular complexity index is 1270. The predicted octanol–water partition coefficient (Wildman–Crippen LogP) is 2.92. The molecule has 1 aliphatic rings. The van der Waals surface area contributed by atoms with E-state index < -0.39 is 5.82 Å². The second-order valence-electron chi connectivity index (χ2n) is 6.43. The zero-order chi connectivity index (χ0) is 21.1. The normalized spacial score (nSPS) is 11.7. The molecule has 0 spiro atoms. The van der Waals surface area contributed by atoms with Crippen LogP contribution >= 0.6 is 0 Å². The lowest BCUT2D eigenvalue weighted by Gasteiger charge is -2.11. The summed E-state index contributed by atoms with van der Waals surface area (Å²) in [7, 11) is 0. The molecule has 0 unspecified atom stereocenters. The number of fused-ring (bicyclic) bond motifs is 1. The zero-order valence-electron chi connectivity index (χ0n) is 15.6. The van der Waals surface area contributed by atoms with Gasteiger partial charge in [-0.15, -0.1) is 0 Å². The lowest BCUT2D eigenvalue weighted by molar-refractivity contribution is 0.291. The van der Waals surface area contributed by atoms with Crippen LogP contribution in [0.1, 0.15) is 16.7 Å². The highest BCUT2D eigenvalue weighted by Gasteiger charge is 2.14. The fraction of sp³-hybridized carbons (Fsp3) is 0.143. The quantitative estimate of drug-likeness (QED) is 0.697. The molecule has 3 aromatic rings. The van der Waals surface area contributed by atoms with Crippen LogP contribution in [0.5, 0.6) is 17.4 Å². The maximum absolute atomic E-state index is 13.8. The Labute approximate surface area is 170 Å². The van der Waals surface area contributed by atoms with Crippen molar-refractivity contribution in [1.29, 1.82) is 10.5 Å². The van der Waals surface area contributed by atoms with Gasteiger partial charge >= 0.3 is 5.69 Å². The highest BCUT2D eigenvalue weighted by molar-refractivity contribution is 5.48. The molecule has 1 aliphatic heterocycles. The third kappa shape index (κ3) is 3.77. The van der Waals surface area contributed by atoms with Crippen molar-refractivity contribution >= 4 is 5.82 Å². The van der Waals surface area contributed by atoms with Crippen molar-refractivity contribution in [3.8, 4) is 29.5 Å². The summed E-state index contributed by atoms with van der Waals surface area (Å²) in [5.74, 6) is 0.546. The van der Waals surface area contributed by atoms with Crippen LogP contribution in [-0.2, 0) is 13.2 Å². The number of hydrogen-bond donors (Lipinski definition) is 1. The van der Waals surface area contributed by atoms with Crippen molar-refractivity contribution in [1.82, 2.24) is 9.55 Å². The fourth-order valence-corrected chi connectivity index (χ4v) is 2.99. The Balaban J connectivity index is 1.49. The van der Waals surface area contributed by atoms with Crippen molar-refractivity contribution < 1.29 is 13.9 Å². The van der Waals surface area contributed by atoms with Gasteiger partial charge in [-0.05, 0) is 29.8 Å². The molecule has 0 atom stereocenters. The van der Waals surface area contributed by atoms with Gasteiger partial charge in [0.2, 0.25) is 5.88 Å². The summed E-state index contributed by atoms with van der Waals surface area (Å²) in [5.41, 5.74) is 0.416. The Kier molecular flexibility index (Phi) is 5.02. The molecule has 1 N–H and O–H groups in total. The van der Waals surface area contributed by atoms with E-state index in [1.165, 1.54) is 16.7 Å². The lowest BCUT2D eigenvalue weighted by atomic mass is 10.1. The SMILES string of the molecule is N#Cc1ccc(Oc2ccc(COc3cc4n(c(=O)n3)CCN4)cc2C#N)cc1F. The number of benzene rings is 2. The first-order valence-corrected chi connectivity index (χ1v) is 8.96. The van der Waals surface area contributed by atoms with E-state index in [-0.39, 0.29) is 40.8 Å².